The van der Waals surface area contributed by atoms with Gasteiger partial charge in [-0.1, -0.05) is 6.07 Å². The first-order chi connectivity index (χ1) is 7.95. The number of aromatic hydroxyl groups is 1. The zero-order valence-electron chi connectivity index (χ0n) is 8.99. The van der Waals surface area contributed by atoms with Crippen LogP contribution in [0.15, 0.2) is 18.2 Å². The summed E-state index contributed by atoms with van der Waals surface area (Å²) in [6.45, 7) is 0. The smallest absolute Gasteiger partial charge is 0.335 e. The molecule has 0 saturated carbocycles. The van der Waals surface area contributed by atoms with Crippen LogP contribution in [0, 0.1) is 10.1 Å². The number of phenolic OH excluding ortho intramolecular Hbond substituents is 1. The minimum Gasteiger partial charge on any atom is -0.502 e. The molecule has 1 aromatic carbocycles. The van der Waals surface area contributed by atoms with Gasteiger partial charge < -0.3 is 14.9 Å². The third-order valence-corrected chi connectivity index (χ3v) is 2.14. The summed E-state index contributed by atoms with van der Waals surface area (Å²) in [7, 11) is 1.13. The number of nitro groups is 1. The highest BCUT2D eigenvalue weighted by atomic mass is 16.6. The minimum atomic E-state index is -1.39. The van der Waals surface area contributed by atoms with E-state index in [-0.39, 0.29) is 6.42 Å². The monoisotopic (exact) mass is 241 g/mol. The molecule has 0 aliphatic carbocycles. The maximum Gasteiger partial charge on any atom is 0.335 e. The van der Waals surface area contributed by atoms with Crippen LogP contribution in [0.3, 0.4) is 0 Å². The Hall–Kier alpha value is -2.15. The molecule has 0 aliphatic rings. The quantitative estimate of drug-likeness (QED) is 0.448. The van der Waals surface area contributed by atoms with Crippen LogP contribution >= 0.6 is 0 Å². The van der Waals surface area contributed by atoms with E-state index in [1.807, 2.05) is 0 Å². The Morgan fingerprint density at radius 3 is 2.76 bits per heavy atom. The molecule has 0 saturated heterocycles. The second-order valence-electron chi connectivity index (χ2n) is 3.32. The molecule has 1 unspecified atom stereocenters. The molecule has 2 N–H and O–H groups in total. The Kier molecular flexibility index (Phi) is 4.00. The molecule has 0 spiro atoms. The van der Waals surface area contributed by atoms with Crippen LogP contribution in [-0.4, -0.2) is 34.3 Å². The van der Waals surface area contributed by atoms with E-state index in [1.165, 1.54) is 6.07 Å². The van der Waals surface area contributed by atoms with Gasteiger partial charge in [0.25, 0.3) is 0 Å². The first-order valence-electron chi connectivity index (χ1n) is 4.68. The molecule has 92 valence electrons. The van der Waals surface area contributed by atoms with Crippen molar-refractivity contribution >= 4 is 11.7 Å². The predicted octanol–water partition coefficient (Wildman–Crippen LogP) is 0.377. The van der Waals surface area contributed by atoms with Crippen molar-refractivity contribution in [1.82, 2.24) is 0 Å². The fourth-order valence-corrected chi connectivity index (χ4v) is 1.28. The third kappa shape index (κ3) is 3.15. The molecule has 0 amide bonds. The molecule has 7 nitrogen and oxygen atoms in total. The van der Waals surface area contributed by atoms with Crippen molar-refractivity contribution in [3.63, 3.8) is 0 Å². The normalized spacial score (nSPS) is 11.9. The van der Waals surface area contributed by atoms with E-state index < -0.39 is 28.4 Å². The Morgan fingerprint density at radius 2 is 2.24 bits per heavy atom. The Morgan fingerprint density at radius 1 is 1.59 bits per heavy atom. The number of carbonyl (C=O) groups is 1. The van der Waals surface area contributed by atoms with E-state index in [1.54, 1.807) is 0 Å². The standard InChI is InChI=1S/C10H11NO6/c1-17-10(14)9(13)5-6-2-3-8(12)7(4-6)11(15)16/h2-4,9,12-13H,5H2,1H3. The first kappa shape index (κ1) is 12.9. The molecule has 17 heavy (non-hydrogen) atoms. The molecule has 0 bridgehead atoms. The van der Waals surface area contributed by atoms with Crippen LogP contribution < -0.4 is 0 Å². The van der Waals surface area contributed by atoms with E-state index >= 15 is 0 Å². The van der Waals surface area contributed by atoms with Crippen molar-refractivity contribution in [3.8, 4) is 5.75 Å². The fraction of sp³-hybridized carbons (Fsp3) is 0.300. The molecule has 0 aliphatic heterocycles. The van der Waals surface area contributed by atoms with Crippen LogP contribution in [-0.2, 0) is 16.0 Å². The summed E-state index contributed by atoms with van der Waals surface area (Å²) in [5.41, 5.74) is -0.119. The average Bonchev–Trinajstić information content (AvgIpc) is 2.30. The van der Waals surface area contributed by atoms with Gasteiger partial charge in [0.1, 0.15) is 0 Å². The zero-order chi connectivity index (χ0) is 13.0. The number of hydrogen-bond acceptors (Lipinski definition) is 6. The summed E-state index contributed by atoms with van der Waals surface area (Å²) in [4.78, 5) is 20.7. The van der Waals surface area contributed by atoms with Gasteiger partial charge >= 0.3 is 11.7 Å². The second-order valence-corrected chi connectivity index (χ2v) is 3.32. The topological polar surface area (TPSA) is 110 Å². The Labute approximate surface area is 96.4 Å². The van der Waals surface area contributed by atoms with Crippen molar-refractivity contribution < 1.29 is 24.7 Å². The lowest BCUT2D eigenvalue weighted by Gasteiger charge is -2.08. The van der Waals surface area contributed by atoms with E-state index in [0.29, 0.717) is 5.56 Å². The molecular weight excluding hydrogens is 230 g/mol. The fourth-order valence-electron chi connectivity index (χ4n) is 1.28. The lowest BCUT2D eigenvalue weighted by atomic mass is 10.1. The van der Waals surface area contributed by atoms with Crippen LogP contribution in [0.4, 0.5) is 5.69 Å². The number of methoxy groups -OCH3 is 1. The van der Waals surface area contributed by atoms with E-state index in [9.17, 15) is 25.1 Å². The number of nitrogens with zero attached hydrogens (tertiary/aromatic N) is 1. The van der Waals surface area contributed by atoms with Crippen molar-refractivity contribution in [2.45, 2.75) is 12.5 Å². The predicted molar refractivity (Wildman–Crippen MR) is 56.5 cm³/mol. The Balaban J connectivity index is 2.90. The van der Waals surface area contributed by atoms with Gasteiger partial charge in [-0.05, 0) is 11.6 Å². The van der Waals surface area contributed by atoms with E-state index in [2.05, 4.69) is 4.74 Å². The molecule has 1 atom stereocenters. The number of aliphatic hydroxyl groups is 1. The van der Waals surface area contributed by atoms with Gasteiger partial charge in [0.15, 0.2) is 11.9 Å². The minimum absolute atomic E-state index is 0.117. The SMILES string of the molecule is COC(=O)C(O)Cc1ccc(O)c([N+](=O)[O-])c1. The number of phenols is 1. The molecule has 1 rings (SSSR count). The number of nitro benzene ring substituents is 1. The number of aliphatic hydroxyl groups excluding tert-OH is 1. The highest BCUT2D eigenvalue weighted by Gasteiger charge is 2.19. The van der Waals surface area contributed by atoms with E-state index in [0.717, 1.165) is 19.2 Å². The van der Waals surface area contributed by atoms with Gasteiger partial charge in [0.05, 0.1) is 12.0 Å². The van der Waals surface area contributed by atoms with Crippen molar-refractivity contribution in [1.29, 1.82) is 0 Å². The molecule has 7 heteroatoms. The number of hydrogen-bond donors (Lipinski definition) is 2. The number of carbonyl (C=O) groups excluding carboxylic acids is 1. The molecule has 0 fully saturated rings. The summed E-state index contributed by atoms with van der Waals surface area (Å²) < 4.78 is 4.31. The average molecular weight is 241 g/mol. The highest BCUT2D eigenvalue weighted by molar-refractivity contribution is 5.74. The van der Waals surface area contributed by atoms with Gasteiger partial charge in [-0.3, -0.25) is 10.1 Å². The summed E-state index contributed by atoms with van der Waals surface area (Å²) >= 11 is 0. The van der Waals surface area contributed by atoms with Gasteiger partial charge in [-0.15, -0.1) is 0 Å². The van der Waals surface area contributed by atoms with Crippen LogP contribution in [0.5, 0.6) is 5.75 Å². The number of benzene rings is 1. The third-order valence-electron chi connectivity index (χ3n) is 2.14. The van der Waals surface area contributed by atoms with Gasteiger partial charge in [-0.25, -0.2) is 4.79 Å². The molecular formula is C10H11NO6. The van der Waals surface area contributed by atoms with Gasteiger partial charge in [-0.2, -0.15) is 0 Å². The van der Waals surface area contributed by atoms with E-state index in [4.69, 9.17) is 0 Å². The Bertz CT molecular complexity index is 444. The second kappa shape index (κ2) is 5.26. The van der Waals surface area contributed by atoms with Crippen LogP contribution in [0.2, 0.25) is 0 Å². The molecule has 0 aromatic heterocycles. The van der Waals surface area contributed by atoms with Crippen molar-refractivity contribution in [3.05, 3.63) is 33.9 Å². The summed E-state index contributed by atoms with van der Waals surface area (Å²) in [5.74, 6) is -1.29. The van der Waals surface area contributed by atoms with Crippen LogP contribution in [0.1, 0.15) is 5.56 Å². The summed E-state index contributed by atoms with van der Waals surface area (Å²) in [5, 5.41) is 29.1. The van der Waals surface area contributed by atoms with Gasteiger partial charge in [0, 0.05) is 12.5 Å². The van der Waals surface area contributed by atoms with Gasteiger partial charge in [0.2, 0.25) is 0 Å². The summed E-state index contributed by atoms with van der Waals surface area (Å²) in [6.07, 6.45) is -1.50. The van der Waals surface area contributed by atoms with Crippen molar-refractivity contribution in [2.24, 2.45) is 0 Å². The number of rotatable bonds is 4. The largest absolute Gasteiger partial charge is 0.502 e. The molecule has 0 heterocycles. The molecule has 1 aromatic rings. The highest BCUT2D eigenvalue weighted by Crippen LogP contribution is 2.26. The summed E-state index contributed by atoms with van der Waals surface area (Å²) in [6, 6.07) is 3.62. The maximum atomic E-state index is 10.9. The maximum absolute atomic E-state index is 10.9. The first-order valence-corrected chi connectivity index (χ1v) is 4.68. The lowest BCUT2D eigenvalue weighted by Crippen LogP contribution is -2.24. The number of ether oxygens (including phenoxy) is 1. The molecule has 0 radical (unpaired) electrons. The van der Waals surface area contributed by atoms with Crippen LogP contribution in [0.25, 0.3) is 0 Å². The zero-order valence-corrected chi connectivity index (χ0v) is 8.99. The lowest BCUT2D eigenvalue weighted by molar-refractivity contribution is -0.385. The number of esters is 1. The van der Waals surface area contributed by atoms with Crippen molar-refractivity contribution in [2.75, 3.05) is 7.11 Å².